The van der Waals surface area contributed by atoms with Crippen molar-refractivity contribution < 1.29 is 9.53 Å². The summed E-state index contributed by atoms with van der Waals surface area (Å²) >= 11 is 0. The van der Waals surface area contributed by atoms with Gasteiger partial charge in [-0.25, -0.2) is 0 Å². The minimum Gasteiger partial charge on any atom is -0.497 e. The molecule has 0 N–H and O–H groups in total. The lowest BCUT2D eigenvalue weighted by Gasteiger charge is -2.40. The molecule has 1 saturated carbocycles. The minimum absolute atomic E-state index is 0.144. The molecular weight excluding hydrogens is 276 g/mol. The van der Waals surface area contributed by atoms with Gasteiger partial charge in [0.1, 0.15) is 5.75 Å². The molecule has 4 nitrogen and oxygen atoms in total. The molecule has 0 unspecified atom stereocenters. The molecule has 2 fully saturated rings. The Labute approximate surface area is 133 Å². The predicted molar refractivity (Wildman–Crippen MR) is 87.3 cm³/mol. The van der Waals surface area contributed by atoms with Gasteiger partial charge in [-0.05, 0) is 37.1 Å². The van der Waals surface area contributed by atoms with Crippen molar-refractivity contribution in [1.82, 2.24) is 9.80 Å². The number of nitrogens with zero attached hydrogens (tertiary/aromatic N) is 2. The zero-order chi connectivity index (χ0) is 15.4. The third-order valence-corrected chi connectivity index (χ3v) is 5.03. The molecule has 1 amide bonds. The molecule has 0 radical (unpaired) electrons. The number of amides is 1. The van der Waals surface area contributed by atoms with Gasteiger partial charge >= 0.3 is 0 Å². The van der Waals surface area contributed by atoms with Gasteiger partial charge in [0.25, 0.3) is 5.91 Å². The van der Waals surface area contributed by atoms with Gasteiger partial charge in [-0.3, -0.25) is 9.69 Å². The fourth-order valence-electron chi connectivity index (χ4n) is 3.65. The molecule has 0 spiro atoms. The van der Waals surface area contributed by atoms with Gasteiger partial charge in [0.15, 0.2) is 0 Å². The lowest BCUT2D eigenvalue weighted by molar-refractivity contribution is 0.0523. The van der Waals surface area contributed by atoms with Crippen LogP contribution in [0.4, 0.5) is 0 Å². The average Bonchev–Trinajstić information content (AvgIpc) is 2.62. The van der Waals surface area contributed by atoms with E-state index >= 15 is 0 Å². The Morgan fingerprint density at radius 2 is 1.64 bits per heavy atom. The largest absolute Gasteiger partial charge is 0.497 e. The summed E-state index contributed by atoms with van der Waals surface area (Å²) in [6.07, 6.45) is 6.82. The zero-order valence-corrected chi connectivity index (χ0v) is 13.5. The molecule has 1 aliphatic heterocycles. The number of methoxy groups -OCH3 is 1. The summed E-state index contributed by atoms with van der Waals surface area (Å²) in [6.45, 7) is 3.74. The highest BCUT2D eigenvalue weighted by molar-refractivity contribution is 5.94. The average molecular weight is 302 g/mol. The first-order chi connectivity index (χ1) is 10.8. The lowest BCUT2D eigenvalue weighted by atomic mass is 9.94. The second-order valence-corrected chi connectivity index (χ2v) is 6.35. The van der Waals surface area contributed by atoms with Crippen molar-refractivity contribution >= 4 is 5.91 Å². The van der Waals surface area contributed by atoms with Crippen LogP contribution in [0, 0.1) is 0 Å². The highest BCUT2D eigenvalue weighted by atomic mass is 16.5. The van der Waals surface area contributed by atoms with E-state index in [0.29, 0.717) is 0 Å². The summed E-state index contributed by atoms with van der Waals surface area (Å²) in [5.74, 6) is 0.935. The molecule has 1 aromatic rings. The van der Waals surface area contributed by atoms with Crippen LogP contribution in [0.25, 0.3) is 0 Å². The van der Waals surface area contributed by atoms with Crippen LogP contribution in [-0.4, -0.2) is 55.0 Å². The number of hydrogen-bond acceptors (Lipinski definition) is 3. The molecule has 1 heterocycles. The normalized spacial score (nSPS) is 20.9. The second kappa shape index (κ2) is 7.14. The van der Waals surface area contributed by atoms with Crippen LogP contribution in [0.1, 0.15) is 42.5 Å². The molecular formula is C18H26N2O2. The van der Waals surface area contributed by atoms with Crippen molar-refractivity contribution in [3.05, 3.63) is 29.8 Å². The first kappa shape index (κ1) is 15.3. The highest BCUT2D eigenvalue weighted by Crippen LogP contribution is 2.24. The van der Waals surface area contributed by atoms with Crippen LogP contribution in [0.15, 0.2) is 24.3 Å². The molecule has 120 valence electrons. The molecule has 0 aromatic heterocycles. The first-order valence-electron chi connectivity index (χ1n) is 8.45. The van der Waals surface area contributed by atoms with Crippen molar-refractivity contribution in [3.8, 4) is 5.75 Å². The fraction of sp³-hybridized carbons (Fsp3) is 0.611. The van der Waals surface area contributed by atoms with Crippen molar-refractivity contribution in [2.45, 2.75) is 38.1 Å². The van der Waals surface area contributed by atoms with Crippen LogP contribution in [0.3, 0.4) is 0 Å². The third kappa shape index (κ3) is 3.43. The Morgan fingerprint density at radius 3 is 2.23 bits per heavy atom. The van der Waals surface area contributed by atoms with Gasteiger partial charge in [-0.2, -0.15) is 0 Å². The molecule has 22 heavy (non-hydrogen) atoms. The fourth-order valence-corrected chi connectivity index (χ4v) is 3.65. The molecule has 0 bridgehead atoms. The number of piperazine rings is 1. The maximum absolute atomic E-state index is 12.5. The Bertz CT molecular complexity index is 486. The summed E-state index contributed by atoms with van der Waals surface area (Å²) in [5.41, 5.74) is 0.756. The number of rotatable bonds is 3. The van der Waals surface area contributed by atoms with Crippen LogP contribution in [-0.2, 0) is 0 Å². The van der Waals surface area contributed by atoms with E-state index in [0.717, 1.165) is 43.5 Å². The molecule has 4 heteroatoms. The number of carbonyl (C=O) groups excluding carboxylic acids is 1. The third-order valence-electron chi connectivity index (χ3n) is 5.03. The minimum atomic E-state index is 0.144. The highest BCUT2D eigenvalue weighted by Gasteiger charge is 2.27. The molecule has 0 atom stereocenters. The number of ether oxygens (including phenoxy) is 1. The van der Waals surface area contributed by atoms with E-state index in [9.17, 15) is 4.79 Å². The van der Waals surface area contributed by atoms with Gasteiger partial charge < -0.3 is 9.64 Å². The summed E-state index contributed by atoms with van der Waals surface area (Å²) in [4.78, 5) is 17.1. The zero-order valence-electron chi connectivity index (χ0n) is 13.5. The predicted octanol–water partition coefficient (Wildman–Crippen LogP) is 2.79. The summed E-state index contributed by atoms with van der Waals surface area (Å²) in [6, 6.07) is 8.17. The summed E-state index contributed by atoms with van der Waals surface area (Å²) in [5, 5.41) is 0. The van der Waals surface area contributed by atoms with Crippen LogP contribution < -0.4 is 4.74 Å². The van der Waals surface area contributed by atoms with E-state index < -0.39 is 0 Å². The first-order valence-corrected chi connectivity index (χ1v) is 8.45. The Hall–Kier alpha value is -1.55. The van der Waals surface area contributed by atoms with Crippen molar-refractivity contribution in [1.29, 1.82) is 0 Å². The van der Waals surface area contributed by atoms with E-state index in [1.165, 1.54) is 32.1 Å². The molecule has 1 aromatic carbocycles. The van der Waals surface area contributed by atoms with Gasteiger partial charge in [-0.1, -0.05) is 19.3 Å². The number of benzene rings is 1. The lowest BCUT2D eigenvalue weighted by Crippen LogP contribution is -2.52. The topological polar surface area (TPSA) is 32.8 Å². The van der Waals surface area contributed by atoms with E-state index in [-0.39, 0.29) is 5.91 Å². The molecule has 1 aliphatic carbocycles. The quantitative estimate of drug-likeness (QED) is 0.861. The van der Waals surface area contributed by atoms with Crippen molar-refractivity contribution in [3.63, 3.8) is 0 Å². The monoisotopic (exact) mass is 302 g/mol. The summed E-state index contributed by atoms with van der Waals surface area (Å²) < 4.78 is 5.14. The van der Waals surface area contributed by atoms with Gasteiger partial charge in [0.2, 0.25) is 0 Å². The SMILES string of the molecule is COc1ccc(C(=O)N2CCN(C3CCCCC3)CC2)cc1. The van der Waals surface area contributed by atoms with Crippen LogP contribution in [0.5, 0.6) is 5.75 Å². The Kier molecular flexibility index (Phi) is 4.98. The molecule has 3 rings (SSSR count). The maximum Gasteiger partial charge on any atom is 0.253 e. The van der Waals surface area contributed by atoms with E-state index in [1.807, 2.05) is 29.2 Å². The second-order valence-electron chi connectivity index (χ2n) is 6.35. The number of hydrogen-bond donors (Lipinski definition) is 0. The smallest absolute Gasteiger partial charge is 0.253 e. The van der Waals surface area contributed by atoms with Crippen molar-refractivity contribution in [2.75, 3.05) is 33.3 Å². The Morgan fingerprint density at radius 1 is 1.00 bits per heavy atom. The van der Waals surface area contributed by atoms with E-state index in [1.54, 1.807) is 7.11 Å². The van der Waals surface area contributed by atoms with Crippen LogP contribution >= 0.6 is 0 Å². The summed E-state index contributed by atoms with van der Waals surface area (Å²) in [7, 11) is 1.64. The molecule has 2 aliphatic rings. The van der Waals surface area contributed by atoms with E-state index in [2.05, 4.69) is 4.90 Å². The van der Waals surface area contributed by atoms with Gasteiger partial charge in [0.05, 0.1) is 7.11 Å². The van der Waals surface area contributed by atoms with E-state index in [4.69, 9.17) is 4.74 Å². The Balaban J connectivity index is 1.54. The van der Waals surface area contributed by atoms with Gasteiger partial charge in [-0.15, -0.1) is 0 Å². The van der Waals surface area contributed by atoms with Crippen LogP contribution in [0.2, 0.25) is 0 Å². The molecule has 1 saturated heterocycles. The van der Waals surface area contributed by atoms with Gasteiger partial charge in [0, 0.05) is 37.8 Å². The maximum atomic E-state index is 12.5. The van der Waals surface area contributed by atoms with Crippen molar-refractivity contribution in [2.24, 2.45) is 0 Å². The standard InChI is InChI=1S/C18H26N2O2/c1-22-17-9-7-15(8-10-17)18(21)20-13-11-19(12-14-20)16-5-3-2-4-6-16/h7-10,16H,2-6,11-14H2,1H3. The number of carbonyl (C=O) groups is 1.